The fourth-order valence-electron chi connectivity index (χ4n) is 1.63. The maximum Gasteiger partial charge on any atom is 0.188 e. The lowest BCUT2D eigenvalue weighted by molar-refractivity contribution is 0.364. The van der Waals surface area contributed by atoms with E-state index in [4.69, 9.17) is 4.42 Å². The number of fused-ring (bicyclic) bond motifs is 1. The zero-order valence-electron chi connectivity index (χ0n) is 6.63. The van der Waals surface area contributed by atoms with Gasteiger partial charge in [-0.1, -0.05) is 13.8 Å². The number of hydrogen-bond donors (Lipinski definition) is 0. The van der Waals surface area contributed by atoms with Crippen molar-refractivity contribution in [1.82, 2.24) is 0 Å². The predicted octanol–water partition coefficient (Wildman–Crippen LogP) is 1.86. The van der Waals surface area contributed by atoms with Crippen molar-refractivity contribution >= 4 is 0 Å². The largest absolute Gasteiger partial charge is 0.468 e. The standard InChI is InChI=1S/C9H10O2/c1-5-6(2)9-8(5)7(10)3-4-11-9/h3-6H,1-2H3. The van der Waals surface area contributed by atoms with E-state index in [0.29, 0.717) is 11.8 Å². The first kappa shape index (κ1) is 6.65. The monoisotopic (exact) mass is 150 g/mol. The molecule has 1 aliphatic carbocycles. The van der Waals surface area contributed by atoms with Gasteiger partial charge in [0, 0.05) is 17.5 Å². The van der Waals surface area contributed by atoms with Gasteiger partial charge in [-0.3, -0.25) is 4.79 Å². The van der Waals surface area contributed by atoms with E-state index in [1.165, 1.54) is 12.3 Å². The van der Waals surface area contributed by atoms with Crippen LogP contribution in [0.1, 0.15) is 37.0 Å². The SMILES string of the molecule is CC1c2occc(=O)c2C1C. The van der Waals surface area contributed by atoms with Crippen LogP contribution >= 0.6 is 0 Å². The summed E-state index contributed by atoms with van der Waals surface area (Å²) in [4.78, 5) is 11.2. The fourth-order valence-corrected chi connectivity index (χ4v) is 1.63. The van der Waals surface area contributed by atoms with Crippen molar-refractivity contribution in [2.45, 2.75) is 25.7 Å². The summed E-state index contributed by atoms with van der Waals surface area (Å²) in [5, 5.41) is 0. The molecule has 0 amide bonds. The molecule has 1 aromatic rings. The van der Waals surface area contributed by atoms with Crippen LogP contribution in [0.15, 0.2) is 21.5 Å². The highest BCUT2D eigenvalue weighted by Gasteiger charge is 2.35. The van der Waals surface area contributed by atoms with Crippen molar-refractivity contribution < 1.29 is 4.42 Å². The van der Waals surface area contributed by atoms with Gasteiger partial charge in [-0.25, -0.2) is 0 Å². The van der Waals surface area contributed by atoms with Gasteiger partial charge in [-0.2, -0.15) is 0 Å². The summed E-state index contributed by atoms with van der Waals surface area (Å²) in [5.41, 5.74) is 0.997. The van der Waals surface area contributed by atoms with E-state index < -0.39 is 0 Å². The molecule has 1 heterocycles. The molecule has 0 aromatic carbocycles. The molecule has 1 aromatic heterocycles. The van der Waals surface area contributed by atoms with Gasteiger partial charge in [0.2, 0.25) is 0 Å². The van der Waals surface area contributed by atoms with Crippen LogP contribution in [0.3, 0.4) is 0 Å². The molecule has 0 radical (unpaired) electrons. The maximum absolute atomic E-state index is 11.2. The Morgan fingerprint density at radius 2 is 2.09 bits per heavy atom. The van der Waals surface area contributed by atoms with E-state index in [9.17, 15) is 4.79 Å². The Morgan fingerprint density at radius 3 is 2.73 bits per heavy atom. The van der Waals surface area contributed by atoms with Gasteiger partial charge in [0.1, 0.15) is 5.76 Å². The van der Waals surface area contributed by atoms with E-state index in [-0.39, 0.29) is 5.43 Å². The third kappa shape index (κ3) is 0.694. The van der Waals surface area contributed by atoms with E-state index in [2.05, 4.69) is 13.8 Å². The van der Waals surface area contributed by atoms with Gasteiger partial charge in [0.15, 0.2) is 5.43 Å². The lowest BCUT2D eigenvalue weighted by Crippen LogP contribution is -2.27. The second kappa shape index (κ2) is 1.97. The Hall–Kier alpha value is -1.05. The van der Waals surface area contributed by atoms with Crippen LogP contribution in [-0.2, 0) is 0 Å². The Labute approximate surface area is 64.9 Å². The Kier molecular flexibility index (Phi) is 1.19. The Morgan fingerprint density at radius 1 is 1.36 bits per heavy atom. The molecule has 58 valence electrons. The predicted molar refractivity (Wildman–Crippen MR) is 41.8 cm³/mol. The summed E-state index contributed by atoms with van der Waals surface area (Å²) < 4.78 is 5.21. The summed E-state index contributed by atoms with van der Waals surface area (Å²) in [6.07, 6.45) is 1.48. The smallest absolute Gasteiger partial charge is 0.188 e. The number of rotatable bonds is 0. The van der Waals surface area contributed by atoms with Crippen molar-refractivity contribution in [1.29, 1.82) is 0 Å². The average Bonchev–Trinajstić information content (AvgIpc) is 2.03. The van der Waals surface area contributed by atoms with Gasteiger partial charge in [-0.15, -0.1) is 0 Å². The van der Waals surface area contributed by atoms with Crippen LogP contribution < -0.4 is 5.43 Å². The minimum atomic E-state index is 0.122. The quantitative estimate of drug-likeness (QED) is 0.565. The highest BCUT2D eigenvalue weighted by atomic mass is 16.3. The molecular weight excluding hydrogens is 140 g/mol. The first-order valence-electron chi connectivity index (χ1n) is 3.83. The summed E-state index contributed by atoms with van der Waals surface area (Å²) in [7, 11) is 0. The molecular formula is C9H10O2. The summed E-state index contributed by atoms with van der Waals surface area (Å²) >= 11 is 0. The van der Waals surface area contributed by atoms with Crippen molar-refractivity contribution in [3.05, 3.63) is 33.9 Å². The zero-order chi connectivity index (χ0) is 8.01. The van der Waals surface area contributed by atoms with Crippen LogP contribution in [0, 0.1) is 0 Å². The second-order valence-corrected chi connectivity index (χ2v) is 3.14. The molecule has 0 spiro atoms. The lowest BCUT2D eigenvalue weighted by Gasteiger charge is -2.30. The summed E-state index contributed by atoms with van der Waals surface area (Å²) in [6.45, 7) is 4.14. The highest BCUT2D eigenvalue weighted by Crippen LogP contribution is 2.43. The van der Waals surface area contributed by atoms with E-state index in [1.54, 1.807) is 0 Å². The summed E-state index contributed by atoms with van der Waals surface area (Å²) in [6, 6.07) is 1.49. The maximum atomic E-state index is 11.2. The summed E-state index contributed by atoms with van der Waals surface area (Å²) in [5.74, 6) is 1.67. The fraction of sp³-hybridized carbons (Fsp3) is 0.444. The molecule has 0 fully saturated rings. The molecule has 0 bridgehead atoms. The van der Waals surface area contributed by atoms with Gasteiger partial charge < -0.3 is 4.42 Å². The van der Waals surface area contributed by atoms with Crippen LogP contribution in [0.25, 0.3) is 0 Å². The third-order valence-electron chi connectivity index (χ3n) is 2.56. The first-order chi connectivity index (χ1) is 5.22. The van der Waals surface area contributed by atoms with E-state index in [1.807, 2.05) is 0 Å². The van der Waals surface area contributed by atoms with Crippen molar-refractivity contribution in [3.63, 3.8) is 0 Å². The molecule has 2 atom stereocenters. The molecule has 11 heavy (non-hydrogen) atoms. The molecule has 2 rings (SSSR count). The molecule has 0 N–H and O–H groups in total. The number of hydrogen-bond acceptors (Lipinski definition) is 2. The third-order valence-corrected chi connectivity index (χ3v) is 2.56. The first-order valence-corrected chi connectivity index (χ1v) is 3.83. The molecule has 0 saturated carbocycles. The Balaban J connectivity index is 2.66. The van der Waals surface area contributed by atoms with Crippen LogP contribution in [0.2, 0.25) is 0 Å². The van der Waals surface area contributed by atoms with Gasteiger partial charge in [0.05, 0.1) is 6.26 Å². The van der Waals surface area contributed by atoms with Gasteiger partial charge >= 0.3 is 0 Å². The topological polar surface area (TPSA) is 30.2 Å². The average molecular weight is 150 g/mol. The molecule has 2 nitrogen and oxygen atoms in total. The molecule has 1 aliphatic rings. The molecule has 2 heteroatoms. The minimum absolute atomic E-state index is 0.122. The van der Waals surface area contributed by atoms with E-state index in [0.717, 1.165) is 11.3 Å². The lowest BCUT2D eigenvalue weighted by atomic mass is 9.74. The molecule has 2 unspecified atom stereocenters. The van der Waals surface area contributed by atoms with Crippen molar-refractivity contribution in [2.24, 2.45) is 0 Å². The van der Waals surface area contributed by atoms with Crippen molar-refractivity contribution in [3.8, 4) is 0 Å². The molecule has 0 aliphatic heterocycles. The van der Waals surface area contributed by atoms with E-state index >= 15 is 0 Å². The van der Waals surface area contributed by atoms with Gasteiger partial charge in [-0.05, 0) is 5.92 Å². The van der Waals surface area contributed by atoms with Crippen LogP contribution in [-0.4, -0.2) is 0 Å². The highest BCUT2D eigenvalue weighted by molar-refractivity contribution is 5.36. The minimum Gasteiger partial charge on any atom is -0.468 e. The second-order valence-electron chi connectivity index (χ2n) is 3.14. The zero-order valence-corrected chi connectivity index (χ0v) is 6.63. The molecule has 0 saturated heterocycles. The Bertz CT molecular complexity index is 338. The normalized spacial score (nSPS) is 27.5. The van der Waals surface area contributed by atoms with Crippen molar-refractivity contribution in [2.75, 3.05) is 0 Å². The van der Waals surface area contributed by atoms with Crippen LogP contribution in [0.4, 0.5) is 0 Å². The van der Waals surface area contributed by atoms with Gasteiger partial charge in [0.25, 0.3) is 0 Å². The van der Waals surface area contributed by atoms with Crippen LogP contribution in [0.5, 0.6) is 0 Å².